The van der Waals surface area contributed by atoms with Crippen LogP contribution in [-0.2, 0) is 17.7 Å². The Labute approximate surface area is 112 Å². The van der Waals surface area contributed by atoms with Crippen molar-refractivity contribution in [2.75, 3.05) is 13.7 Å². The molecule has 98 valence electrons. The van der Waals surface area contributed by atoms with Gasteiger partial charge in [-0.15, -0.1) is 0 Å². The van der Waals surface area contributed by atoms with Crippen molar-refractivity contribution in [1.82, 2.24) is 9.55 Å². The van der Waals surface area contributed by atoms with Gasteiger partial charge in [0, 0.05) is 31.6 Å². The third-order valence-corrected chi connectivity index (χ3v) is 3.35. The summed E-state index contributed by atoms with van der Waals surface area (Å²) in [4.78, 5) is 4.62. The fourth-order valence-corrected chi connectivity index (χ4v) is 2.29. The molecule has 1 unspecified atom stereocenters. The summed E-state index contributed by atoms with van der Waals surface area (Å²) in [6.45, 7) is 3.46. The van der Waals surface area contributed by atoms with Crippen LogP contribution in [0.15, 0.2) is 18.2 Å². The Bertz CT molecular complexity index is 534. The van der Waals surface area contributed by atoms with Crippen molar-refractivity contribution in [3.8, 4) is 0 Å². The van der Waals surface area contributed by atoms with Crippen LogP contribution in [0.2, 0.25) is 5.02 Å². The Balaban J connectivity index is 2.43. The summed E-state index contributed by atoms with van der Waals surface area (Å²) in [6, 6.07) is 5.77. The number of fused-ring (bicyclic) bond motifs is 1. The average molecular weight is 268 g/mol. The lowest BCUT2D eigenvalue weighted by Gasteiger charge is -2.13. The summed E-state index contributed by atoms with van der Waals surface area (Å²) in [7, 11) is 1.67. The molecule has 0 fully saturated rings. The molecule has 18 heavy (non-hydrogen) atoms. The number of aryl methyl sites for hydroxylation is 1. The summed E-state index contributed by atoms with van der Waals surface area (Å²) < 4.78 is 7.49. The van der Waals surface area contributed by atoms with Crippen LogP contribution in [-0.4, -0.2) is 29.3 Å². The number of hydrogen-bond donors (Lipinski definition) is 1. The molecule has 0 radical (unpaired) electrons. The zero-order valence-electron chi connectivity index (χ0n) is 10.7. The molecular formula is C13H18ClN3O. The van der Waals surface area contributed by atoms with Gasteiger partial charge in [-0.3, -0.25) is 0 Å². The van der Waals surface area contributed by atoms with Crippen LogP contribution < -0.4 is 5.73 Å². The van der Waals surface area contributed by atoms with E-state index in [4.69, 9.17) is 22.1 Å². The standard InChI is InChI=1S/C13H18ClN3O/c1-3-17-12-5-4-9(14)6-11(12)16-13(17)7-10(8-15)18-2/h4-6,10H,3,7-8,15H2,1-2H3. The predicted octanol–water partition coefficient (Wildman–Crippen LogP) is 2.23. The van der Waals surface area contributed by atoms with Gasteiger partial charge in [0.15, 0.2) is 0 Å². The number of benzene rings is 1. The van der Waals surface area contributed by atoms with E-state index in [1.807, 2.05) is 18.2 Å². The number of rotatable bonds is 5. The van der Waals surface area contributed by atoms with Crippen LogP contribution in [0.3, 0.4) is 0 Å². The minimum absolute atomic E-state index is 0.00239. The van der Waals surface area contributed by atoms with Crippen LogP contribution in [0.5, 0.6) is 0 Å². The molecule has 1 aromatic carbocycles. The Morgan fingerprint density at radius 3 is 2.89 bits per heavy atom. The lowest BCUT2D eigenvalue weighted by Crippen LogP contribution is -2.26. The minimum atomic E-state index is 0.00239. The van der Waals surface area contributed by atoms with E-state index in [1.165, 1.54) is 0 Å². The largest absolute Gasteiger partial charge is 0.380 e. The highest BCUT2D eigenvalue weighted by Gasteiger charge is 2.14. The van der Waals surface area contributed by atoms with Gasteiger partial charge in [-0.05, 0) is 25.1 Å². The van der Waals surface area contributed by atoms with Crippen molar-refractivity contribution in [2.45, 2.75) is 26.0 Å². The topological polar surface area (TPSA) is 53.1 Å². The molecule has 1 aromatic heterocycles. The Hall–Kier alpha value is -1.10. The molecule has 4 nitrogen and oxygen atoms in total. The van der Waals surface area contributed by atoms with Crippen LogP contribution in [0.25, 0.3) is 11.0 Å². The van der Waals surface area contributed by atoms with E-state index in [9.17, 15) is 0 Å². The number of imidazole rings is 1. The number of hydrogen-bond acceptors (Lipinski definition) is 3. The summed E-state index contributed by atoms with van der Waals surface area (Å²) in [6.07, 6.45) is 0.718. The van der Waals surface area contributed by atoms with Gasteiger partial charge < -0.3 is 15.0 Å². The van der Waals surface area contributed by atoms with Crippen LogP contribution in [0, 0.1) is 0 Å². The van der Waals surface area contributed by atoms with E-state index in [0.29, 0.717) is 18.0 Å². The zero-order valence-corrected chi connectivity index (χ0v) is 11.4. The highest BCUT2D eigenvalue weighted by molar-refractivity contribution is 6.31. The lowest BCUT2D eigenvalue weighted by molar-refractivity contribution is 0.107. The zero-order chi connectivity index (χ0) is 13.1. The van der Waals surface area contributed by atoms with Crippen molar-refractivity contribution in [3.63, 3.8) is 0 Å². The monoisotopic (exact) mass is 267 g/mol. The van der Waals surface area contributed by atoms with Gasteiger partial charge in [-0.25, -0.2) is 4.98 Å². The van der Waals surface area contributed by atoms with Gasteiger partial charge in [0.2, 0.25) is 0 Å². The van der Waals surface area contributed by atoms with Gasteiger partial charge >= 0.3 is 0 Å². The Morgan fingerprint density at radius 2 is 2.28 bits per heavy atom. The minimum Gasteiger partial charge on any atom is -0.380 e. The van der Waals surface area contributed by atoms with Crippen LogP contribution in [0.1, 0.15) is 12.7 Å². The summed E-state index contributed by atoms with van der Waals surface area (Å²) in [5.41, 5.74) is 7.68. The maximum atomic E-state index is 5.99. The second-order valence-electron chi connectivity index (χ2n) is 4.20. The second kappa shape index (κ2) is 5.69. The summed E-state index contributed by atoms with van der Waals surface area (Å²) in [5, 5.41) is 0.705. The van der Waals surface area contributed by atoms with Crippen molar-refractivity contribution >= 4 is 22.6 Å². The van der Waals surface area contributed by atoms with E-state index in [-0.39, 0.29) is 6.10 Å². The molecule has 2 N–H and O–H groups in total. The van der Waals surface area contributed by atoms with Gasteiger partial charge in [0.1, 0.15) is 5.82 Å². The quantitative estimate of drug-likeness (QED) is 0.904. The number of aromatic nitrogens is 2. The smallest absolute Gasteiger partial charge is 0.112 e. The molecule has 0 amide bonds. The van der Waals surface area contributed by atoms with Crippen molar-refractivity contribution in [1.29, 1.82) is 0 Å². The Morgan fingerprint density at radius 1 is 1.50 bits per heavy atom. The molecule has 0 aliphatic rings. The highest BCUT2D eigenvalue weighted by atomic mass is 35.5. The maximum absolute atomic E-state index is 5.99. The van der Waals surface area contributed by atoms with Crippen LogP contribution >= 0.6 is 11.6 Å². The normalized spacial score (nSPS) is 13.1. The first-order chi connectivity index (χ1) is 8.69. The molecule has 0 spiro atoms. The predicted molar refractivity (Wildman–Crippen MR) is 74.0 cm³/mol. The molecule has 2 aromatic rings. The molecule has 0 aliphatic heterocycles. The molecule has 0 saturated heterocycles. The van der Waals surface area contributed by atoms with E-state index in [2.05, 4.69) is 16.5 Å². The molecule has 0 bridgehead atoms. The molecule has 2 rings (SSSR count). The van der Waals surface area contributed by atoms with E-state index < -0.39 is 0 Å². The first-order valence-corrected chi connectivity index (χ1v) is 6.44. The average Bonchev–Trinajstić information content (AvgIpc) is 2.71. The second-order valence-corrected chi connectivity index (χ2v) is 4.64. The highest BCUT2D eigenvalue weighted by Crippen LogP contribution is 2.21. The third kappa shape index (κ3) is 2.51. The fraction of sp³-hybridized carbons (Fsp3) is 0.462. The fourth-order valence-electron chi connectivity index (χ4n) is 2.13. The molecule has 0 saturated carbocycles. The van der Waals surface area contributed by atoms with Crippen molar-refractivity contribution in [2.24, 2.45) is 5.73 Å². The number of nitrogens with two attached hydrogens (primary N) is 1. The first kappa shape index (κ1) is 13.3. The van der Waals surface area contributed by atoms with Gasteiger partial charge in [0.25, 0.3) is 0 Å². The van der Waals surface area contributed by atoms with E-state index in [0.717, 1.165) is 23.4 Å². The third-order valence-electron chi connectivity index (χ3n) is 3.11. The van der Waals surface area contributed by atoms with E-state index in [1.54, 1.807) is 7.11 Å². The van der Waals surface area contributed by atoms with Crippen LogP contribution in [0.4, 0.5) is 0 Å². The number of nitrogens with zero attached hydrogens (tertiary/aromatic N) is 2. The summed E-state index contributed by atoms with van der Waals surface area (Å²) >= 11 is 5.99. The van der Waals surface area contributed by atoms with Gasteiger partial charge in [-0.2, -0.15) is 0 Å². The molecular weight excluding hydrogens is 250 g/mol. The molecule has 5 heteroatoms. The lowest BCUT2D eigenvalue weighted by atomic mass is 10.2. The SMILES string of the molecule is CCn1c(CC(CN)OC)nc2cc(Cl)ccc21. The van der Waals surface area contributed by atoms with Crippen molar-refractivity contribution < 1.29 is 4.74 Å². The van der Waals surface area contributed by atoms with Gasteiger partial charge in [-0.1, -0.05) is 11.6 Å². The number of ether oxygens (including phenoxy) is 1. The first-order valence-electron chi connectivity index (χ1n) is 6.07. The summed E-state index contributed by atoms with van der Waals surface area (Å²) in [5.74, 6) is 0.993. The molecule has 0 aliphatic carbocycles. The van der Waals surface area contributed by atoms with Gasteiger partial charge in [0.05, 0.1) is 17.1 Å². The number of halogens is 1. The maximum Gasteiger partial charge on any atom is 0.112 e. The molecule has 1 atom stereocenters. The number of methoxy groups -OCH3 is 1. The van der Waals surface area contributed by atoms with Crippen molar-refractivity contribution in [3.05, 3.63) is 29.0 Å². The molecule has 1 heterocycles. The Kier molecular flexibility index (Phi) is 4.22. The van der Waals surface area contributed by atoms with E-state index >= 15 is 0 Å².